The molecule has 31 heavy (non-hydrogen) atoms. The highest BCUT2D eigenvalue weighted by molar-refractivity contribution is 8.00. The molecule has 0 spiro atoms. The molecule has 3 nitrogen and oxygen atoms in total. The van der Waals surface area contributed by atoms with E-state index in [0.29, 0.717) is 24.0 Å². The van der Waals surface area contributed by atoms with E-state index in [0.717, 1.165) is 42.6 Å². The Bertz CT molecular complexity index is 757. The van der Waals surface area contributed by atoms with Gasteiger partial charge in [0.15, 0.2) is 0 Å². The highest BCUT2D eigenvalue weighted by atomic mass is 32.2. The minimum absolute atomic E-state index is 0.230. The maximum absolute atomic E-state index is 10.1. The van der Waals surface area contributed by atoms with Crippen LogP contribution < -0.4 is 0 Å². The fourth-order valence-corrected chi connectivity index (χ4v) is 7.01. The van der Waals surface area contributed by atoms with Crippen LogP contribution in [0.1, 0.15) is 79.1 Å². The molecule has 4 heteroatoms. The molecule has 0 heterocycles. The van der Waals surface area contributed by atoms with Crippen LogP contribution in [0, 0.1) is 11.3 Å². The van der Waals surface area contributed by atoms with Crippen LogP contribution in [0.4, 0.5) is 0 Å². The van der Waals surface area contributed by atoms with Gasteiger partial charge in [0.25, 0.3) is 0 Å². The van der Waals surface area contributed by atoms with Crippen molar-refractivity contribution in [1.29, 1.82) is 0 Å². The standard InChI is InChI=1S/C27H42O3S/c1-18-21(16-22(28)17-25(18)29)10-9-20-8-6-14-27(5)23(11-12-24(20)27)19(2)31-15-7-13-26(3,4)30/h9-11,19,22,24-25,28-30H,1,6-8,12-17H2,2-5H3/b20-9+,21-10-/t19?,22-,24+,25+,27-/m1/s1. The van der Waals surface area contributed by atoms with Crippen molar-refractivity contribution in [3.8, 4) is 0 Å². The number of fused-ring (bicyclic) bond motifs is 1. The van der Waals surface area contributed by atoms with E-state index < -0.39 is 17.8 Å². The van der Waals surface area contributed by atoms with Crippen molar-refractivity contribution in [2.75, 3.05) is 5.75 Å². The quantitative estimate of drug-likeness (QED) is 0.346. The smallest absolute Gasteiger partial charge is 0.0811 e. The zero-order chi connectivity index (χ0) is 22.8. The molecule has 174 valence electrons. The zero-order valence-corrected chi connectivity index (χ0v) is 20.7. The molecule has 0 aliphatic heterocycles. The number of thioether (sulfide) groups is 1. The van der Waals surface area contributed by atoms with Crippen LogP contribution in [-0.2, 0) is 0 Å². The first-order valence-corrected chi connectivity index (χ1v) is 13.1. The van der Waals surface area contributed by atoms with E-state index in [9.17, 15) is 15.3 Å². The van der Waals surface area contributed by atoms with E-state index in [1.54, 1.807) is 5.57 Å². The number of rotatable bonds is 7. The Hall–Kier alpha value is -0.810. The number of hydrogen-bond donors (Lipinski definition) is 3. The lowest BCUT2D eigenvalue weighted by Gasteiger charge is -2.42. The number of hydrogen-bond acceptors (Lipinski definition) is 4. The van der Waals surface area contributed by atoms with Crippen LogP contribution in [0.5, 0.6) is 0 Å². The summed E-state index contributed by atoms with van der Waals surface area (Å²) < 4.78 is 0. The molecule has 0 aromatic heterocycles. The Morgan fingerprint density at radius 3 is 2.77 bits per heavy atom. The van der Waals surface area contributed by atoms with Crippen LogP contribution in [0.15, 0.2) is 47.1 Å². The van der Waals surface area contributed by atoms with Crippen LogP contribution in [0.2, 0.25) is 0 Å². The molecule has 3 aliphatic carbocycles. The van der Waals surface area contributed by atoms with Crippen LogP contribution in [-0.4, -0.2) is 44.1 Å². The lowest BCUT2D eigenvalue weighted by molar-refractivity contribution is 0.0706. The van der Waals surface area contributed by atoms with Gasteiger partial charge in [0.1, 0.15) is 0 Å². The Kier molecular flexibility index (Phi) is 8.00. The van der Waals surface area contributed by atoms with E-state index in [4.69, 9.17) is 0 Å². The maximum Gasteiger partial charge on any atom is 0.0811 e. The Morgan fingerprint density at radius 1 is 1.32 bits per heavy atom. The molecular weight excluding hydrogens is 404 g/mol. The minimum Gasteiger partial charge on any atom is -0.393 e. The number of allylic oxidation sites excluding steroid dienone is 4. The van der Waals surface area contributed by atoms with Crippen molar-refractivity contribution in [3.63, 3.8) is 0 Å². The van der Waals surface area contributed by atoms with Gasteiger partial charge in [0.05, 0.1) is 17.8 Å². The summed E-state index contributed by atoms with van der Waals surface area (Å²) in [6, 6.07) is 0. The molecule has 5 atom stereocenters. The highest BCUT2D eigenvalue weighted by Gasteiger charge is 2.46. The Morgan fingerprint density at radius 2 is 2.06 bits per heavy atom. The van der Waals surface area contributed by atoms with E-state index in [-0.39, 0.29) is 5.41 Å². The van der Waals surface area contributed by atoms with Crippen LogP contribution in [0.3, 0.4) is 0 Å². The molecule has 0 bridgehead atoms. The predicted octanol–water partition coefficient (Wildman–Crippen LogP) is 5.72. The average molecular weight is 447 g/mol. The third kappa shape index (κ3) is 5.96. The molecule has 0 radical (unpaired) electrons. The molecule has 1 unspecified atom stereocenters. The predicted molar refractivity (Wildman–Crippen MR) is 132 cm³/mol. The topological polar surface area (TPSA) is 60.7 Å². The molecule has 2 fully saturated rings. The first kappa shape index (κ1) is 24.8. The summed E-state index contributed by atoms with van der Waals surface area (Å²) in [5.74, 6) is 1.64. The molecule has 0 saturated heterocycles. The van der Waals surface area contributed by atoms with Gasteiger partial charge in [-0.05, 0) is 93.9 Å². The van der Waals surface area contributed by atoms with Crippen molar-refractivity contribution in [3.05, 3.63) is 47.1 Å². The largest absolute Gasteiger partial charge is 0.393 e. The summed E-state index contributed by atoms with van der Waals surface area (Å²) in [6.45, 7) is 12.6. The molecule has 2 saturated carbocycles. The van der Waals surface area contributed by atoms with Crippen LogP contribution in [0.25, 0.3) is 0 Å². The average Bonchev–Trinajstić information content (AvgIpc) is 3.03. The van der Waals surface area contributed by atoms with E-state index >= 15 is 0 Å². The first-order chi connectivity index (χ1) is 14.5. The molecule has 3 aliphatic rings. The van der Waals surface area contributed by atoms with Gasteiger partial charge in [0, 0.05) is 11.7 Å². The summed E-state index contributed by atoms with van der Waals surface area (Å²) >= 11 is 2.03. The van der Waals surface area contributed by atoms with Gasteiger partial charge in [-0.15, -0.1) is 0 Å². The Balaban J connectivity index is 1.66. The third-order valence-corrected chi connectivity index (χ3v) is 8.89. The second-order valence-corrected chi connectivity index (χ2v) is 12.2. The van der Waals surface area contributed by atoms with Gasteiger partial charge in [-0.3, -0.25) is 0 Å². The van der Waals surface area contributed by atoms with Crippen molar-refractivity contribution in [1.82, 2.24) is 0 Å². The molecule has 3 N–H and O–H groups in total. The van der Waals surface area contributed by atoms with Crippen molar-refractivity contribution < 1.29 is 15.3 Å². The van der Waals surface area contributed by atoms with E-state index in [1.165, 1.54) is 18.4 Å². The van der Waals surface area contributed by atoms with E-state index in [1.807, 2.05) is 25.6 Å². The maximum atomic E-state index is 10.1. The lowest BCUT2D eigenvalue weighted by atomic mass is 9.64. The van der Waals surface area contributed by atoms with Crippen LogP contribution >= 0.6 is 11.8 Å². The second-order valence-electron chi connectivity index (χ2n) is 10.7. The normalized spacial score (nSPS) is 35.4. The van der Waals surface area contributed by atoms with E-state index in [2.05, 4.69) is 38.7 Å². The molecular formula is C27H42O3S. The fraction of sp³-hybridized carbons (Fsp3) is 0.704. The van der Waals surface area contributed by atoms with Crippen molar-refractivity contribution >= 4 is 11.8 Å². The summed E-state index contributed by atoms with van der Waals surface area (Å²) in [5, 5.41) is 30.6. The lowest BCUT2D eigenvalue weighted by Crippen LogP contribution is -2.33. The summed E-state index contributed by atoms with van der Waals surface area (Å²) in [4.78, 5) is 0. The van der Waals surface area contributed by atoms with Gasteiger partial charge in [0.2, 0.25) is 0 Å². The number of aliphatic hydroxyl groups is 3. The molecule has 0 aromatic carbocycles. The SMILES string of the molecule is C=C1/C(=C\C=C2/CCC[C@]3(C)C(C(C)SCCCC(C)(C)O)=CC[C@@H]23)C[C@@H](O)C[C@@H]1O. The highest BCUT2D eigenvalue weighted by Crippen LogP contribution is 2.56. The molecule has 0 amide bonds. The van der Waals surface area contributed by atoms with Crippen molar-refractivity contribution in [2.45, 2.75) is 102 Å². The van der Waals surface area contributed by atoms with Gasteiger partial charge < -0.3 is 15.3 Å². The van der Waals surface area contributed by atoms with Crippen molar-refractivity contribution in [2.24, 2.45) is 11.3 Å². The monoisotopic (exact) mass is 446 g/mol. The molecule has 0 aromatic rings. The molecule has 3 rings (SSSR count). The van der Waals surface area contributed by atoms with Gasteiger partial charge in [-0.25, -0.2) is 0 Å². The Labute approximate surface area is 193 Å². The van der Waals surface area contributed by atoms with Gasteiger partial charge in [-0.2, -0.15) is 11.8 Å². The second kappa shape index (κ2) is 9.99. The zero-order valence-electron chi connectivity index (χ0n) is 19.9. The fourth-order valence-electron chi connectivity index (χ4n) is 5.80. The summed E-state index contributed by atoms with van der Waals surface area (Å²) in [6.07, 6.45) is 13.4. The minimum atomic E-state index is -0.626. The summed E-state index contributed by atoms with van der Waals surface area (Å²) in [7, 11) is 0. The summed E-state index contributed by atoms with van der Waals surface area (Å²) in [5.41, 5.74) is 4.54. The van der Waals surface area contributed by atoms with Gasteiger partial charge in [-0.1, -0.05) is 42.9 Å². The number of aliphatic hydroxyl groups excluding tert-OH is 2. The van der Waals surface area contributed by atoms with Gasteiger partial charge >= 0.3 is 0 Å². The third-order valence-electron chi connectivity index (χ3n) is 7.61. The first-order valence-electron chi connectivity index (χ1n) is 12.0.